The molecule has 1 amide bonds. The van der Waals surface area contributed by atoms with Gasteiger partial charge in [0.2, 0.25) is 5.82 Å². The number of hydrogen-bond acceptors (Lipinski definition) is 7. The van der Waals surface area contributed by atoms with Crippen LogP contribution < -0.4 is 20.3 Å². The number of furan rings is 1. The fourth-order valence-electron chi connectivity index (χ4n) is 4.89. The van der Waals surface area contributed by atoms with Crippen molar-refractivity contribution in [3.05, 3.63) is 129 Å². The SMILES string of the molecule is C=CCc1cc(C=Nn2c(-c3cc4cc(Cl)ccc4o3)nc3ccccc3c2=O)cc(OC)c1OCC(=O)Nc1ccc(Cl)cc1. The molecule has 1 N–H and O–H groups in total. The van der Waals surface area contributed by atoms with Gasteiger partial charge in [0.25, 0.3) is 11.5 Å². The summed E-state index contributed by atoms with van der Waals surface area (Å²) in [6.45, 7) is 3.59. The normalized spacial score (nSPS) is 11.3. The Balaban J connectivity index is 1.35. The number of methoxy groups -OCH3 is 1. The molecule has 6 aromatic rings. The van der Waals surface area contributed by atoms with E-state index in [4.69, 9.17) is 42.1 Å². The van der Waals surface area contributed by atoms with Crippen LogP contribution in [0.1, 0.15) is 11.1 Å². The van der Waals surface area contributed by atoms with Gasteiger partial charge in [-0.25, -0.2) is 4.98 Å². The smallest absolute Gasteiger partial charge is 0.282 e. The summed E-state index contributed by atoms with van der Waals surface area (Å²) in [5.41, 5.74) is 2.62. The highest BCUT2D eigenvalue weighted by Crippen LogP contribution is 2.34. The molecule has 2 heterocycles. The average molecular weight is 654 g/mol. The van der Waals surface area contributed by atoms with Gasteiger partial charge in [0, 0.05) is 26.7 Å². The Labute approximate surface area is 273 Å². The summed E-state index contributed by atoms with van der Waals surface area (Å²) < 4.78 is 18.8. The number of fused-ring (bicyclic) bond motifs is 2. The van der Waals surface area contributed by atoms with Crippen LogP contribution in [0.15, 0.2) is 112 Å². The minimum absolute atomic E-state index is 0.220. The van der Waals surface area contributed by atoms with Gasteiger partial charge in [-0.3, -0.25) is 9.59 Å². The van der Waals surface area contributed by atoms with Crippen LogP contribution in [-0.4, -0.2) is 35.5 Å². The molecule has 46 heavy (non-hydrogen) atoms. The summed E-state index contributed by atoms with van der Waals surface area (Å²) in [5, 5.41) is 9.61. The van der Waals surface area contributed by atoms with E-state index in [2.05, 4.69) is 17.0 Å². The lowest BCUT2D eigenvalue weighted by atomic mass is 10.1. The van der Waals surface area contributed by atoms with Crippen LogP contribution in [0.5, 0.6) is 11.5 Å². The van der Waals surface area contributed by atoms with E-state index in [1.54, 1.807) is 78.9 Å². The van der Waals surface area contributed by atoms with Crippen molar-refractivity contribution in [2.75, 3.05) is 19.0 Å². The Kier molecular flexibility index (Phi) is 8.87. The second-order valence-corrected chi connectivity index (χ2v) is 11.0. The number of carbonyl (C=O) groups excluding carboxylic acids is 1. The molecule has 9 nitrogen and oxygen atoms in total. The first kappa shape index (κ1) is 30.6. The molecule has 0 saturated carbocycles. The number of anilines is 1. The lowest BCUT2D eigenvalue weighted by Crippen LogP contribution is -2.21. The maximum Gasteiger partial charge on any atom is 0.282 e. The van der Waals surface area contributed by atoms with Crippen molar-refractivity contribution < 1.29 is 18.7 Å². The zero-order chi connectivity index (χ0) is 32.2. The van der Waals surface area contributed by atoms with Crippen molar-refractivity contribution in [1.82, 2.24) is 9.66 Å². The fourth-order valence-corrected chi connectivity index (χ4v) is 5.19. The molecule has 4 aromatic carbocycles. The number of benzene rings is 4. The Morgan fingerprint density at radius 3 is 2.61 bits per heavy atom. The number of halogens is 2. The van der Waals surface area contributed by atoms with Crippen molar-refractivity contribution in [2.24, 2.45) is 5.10 Å². The van der Waals surface area contributed by atoms with Crippen molar-refractivity contribution in [3.63, 3.8) is 0 Å². The third-order valence-corrected chi connectivity index (χ3v) is 7.48. The number of carbonyl (C=O) groups is 1. The van der Waals surface area contributed by atoms with Crippen molar-refractivity contribution in [2.45, 2.75) is 6.42 Å². The Hall–Kier alpha value is -5.38. The summed E-state index contributed by atoms with van der Waals surface area (Å²) in [6.07, 6.45) is 3.64. The van der Waals surface area contributed by atoms with Crippen LogP contribution in [0.2, 0.25) is 10.0 Å². The van der Waals surface area contributed by atoms with Gasteiger partial charge in [0.1, 0.15) is 5.58 Å². The number of nitrogens with zero attached hydrogens (tertiary/aromatic N) is 3. The number of ether oxygens (including phenoxy) is 2. The molecule has 0 bridgehead atoms. The third-order valence-electron chi connectivity index (χ3n) is 6.99. The molecule has 0 aliphatic heterocycles. The second kappa shape index (κ2) is 13.3. The zero-order valence-corrected chi connectivity index (χ0v) is 26.0. The standard InChI is InChI=1S/C35H26Cl2N4O5/c1-3-6-22-15-21(16-30(44-2)33(22)45-20-32(42)39-26-12-9-24(36)10-13-26)19-38-41-34(40-28-8-5-4-7-27(28)35(41)43)31-18-23-17-25(37)11-14-29(23)46-31/h3-5,7-19H,1,6,20H2,2H3,(H,39,42). The predicted molar refractivity (Wildman–Crippen MR) is 182 cm³/mol. The average Bonchev–Trinajstić information content (AvgIpc) is 3.48. The molecule has 0 saturated heterocycles. The largest absolute Gasteiger partial charge is 0.493 e. The quantitative estimate of drug-likeness (QED) is 0.120. The van der Waals surface area contributed by atoms with E-state index < -0.39 is 0 Å². The van der Waals surface area contributed by atoms with E-state index >= 15 is 0 Å². The molecule has 6 rings (SSSR count). The number of allylic oxidation sites excluding steroid dienone is 1. The van der Waals surface area contributed by atoms with Gasteiger partial charge in [-0.1, -0.05) is 41.4 Å². The van der Waals surface area contributed by atoms with E-state index in [0.29, 0.717) is 67.0 Å². The molecular formula is C35H26Cl2N4O5. The summed E-state index contributed by atoms with van der Waals surface area (Å²) >= 11 is 12.1. The molecule has 0 aliphatic rings. The van der Waals surface area contributed by atoms with Gasteiger partial charge in [-0.05, 0) is 84.8 Å². The van der Waals surface area contributed by atoms with Gasteiger partial charge in [0.05, 0.1) is 24.2 Å². The number of hydrogen-bond donors (Lipinski definition) is 1. The number of para-hydroxylation sites is 1. The van der Waals surface area contributed by atoms with Crippen LogP contribution in [-0.2, 0) is 11.2 Å². The summed E-state index contributed by atoms with van der Waals surface area (Å²) in [5.74, 6) is 0.971. The molecule has 0 spiro atoms. The van der Waals surface area contributed by atoms with Crippen molar-refractivity contribution >= 4 is 62.9 Å². The molecule has 2 aromatic heterocycles. The minimum Gasteiger partial charge on any atom is -0.493 e. The summed E-state index contributed by atoms with van der Waals surface area (Å²) in [7, 11) is 1.50. The molecular weight excluding hydrogens is 627 g/mol. The number of aromatic nitrogens is 2. The molecule has 0 fully saturated rings. The maximum atomic E-state index is 13.7. The molecule has 0 unspecified atom stereocenters. The monoisotopic (exact) mass is 652 g/mol. The van der Waals surface area contributed by atoms with Crippen LogP contribution in [0.25, 0.3) is 33.5 Å². The van der Waals surface area contributed by atoms with Gasteiger partial charge in [-0.15, -0.1) is 6.58 Å². The highest BCUT2D eigenvalue weighted by atomic mass is 35.5. The molecule has 0 atom stereocenters. The maximum absolute atomic E-state index is 13.7. The highest BCUT2D eigenvalue weighted by molar-refractivity contribution is 6.31. The van der Waals surface area contributed by atoms with Crippen LogP contribution in [0.4, 0.5) is 5.69 Å². The predicted octanol–water partition coefficient (Wildman–Crippen LogP) is 7.75. The molecule has 0 radical (unpaired) electrons. The highest BCUT2D eigenvalue weighted by Gasteiger charge is 2.18. The Morgan fingerprint density at radius 2 is 1.83 bits per heavy atom. The van der Waals surface area contributed by atoms with Crippen molar-refractivity contribution in [1.29, 1.82) is 0 Å². The van der Waals surface area contributed by atoms with E-state index in [9.17, 15) is 9.59 Å². The van der Waals surface area contributed by atoms with E-state index in [-0.39, 0.29) is 23.9 Å². The number of nitrogens with one attached hydrogen (secondary N) is 1. The van der Waals surface area contributed by atoms with E-state index in [1.807, 2.05) is 12.1 Å². The first-order valence-corrected chi connectivity index (χ1v) is 14.8. The third kappa shape index (κ3) is 6.51. The van der Waals surface area contributed by atoms with Gasteiger partial charge in [-0.2, -0.15) is 9.78 Å². The van der Waals surface area contributed by atoms with Crippen LogP contribution in [0.3, 0.4) is 0 Å². The number of rotatable bonds is 10. The summed E-state index contributed by atoms with van der Waals surface area (Å²) in [4.78, 5) is 31.0. The topological polar surface area (TPSA) is 108 Å². The van der Waals surface area contributed by atoms with Crippen LogP contribution in [0, 0.1) is 0 Å². The molecule has 0 aliphatic carbocycles. The van der Waals surface area contributed by atoms with Crippen LogP contribution >= 0.6 is 23.2 Å². The van der Waals surface area contributed by atoms with Crippen molar-refractivity contribution in [3.8, 4) is 23.1 Å². The first-order valence-electron chi connectivity index (χ1n) is 14.1. The van der Waals surface area contributed by atoms with Gasteiger partial charge < -0.3 is 19.2 Å². The first-order chi connectivity index (χ1) is 22.3. The summed E-state index contributed by atoms with van der Waals surface area (Å²) in [6, 6.07) is 24.3. The fraction of sp³-hybridized carbons (Fsp3) is 0.0857. The number of amides is 1. The Morgan fingerprint density at radius 1 is 1.04 bits per heavy atom. The minimum atomic E-state index is -0.375. The second-order valence-electron chi connectivity index (χ2n) is 10.2. The van der Waals surface area contributed by atoms with Gasteiger partial charge in [0.15, 0.2) is 23.9 Å². The van der Waals surface area contributed by atoms with E-state index in [0.717, 1.165) is 5.39 Å². The van der Waals surface area contributed by atoms with E-state index in [1.165, 1.54) is 18.0 Å². The lowest BCUT2D eigenvalue weighted by molar-refractivity contribution is -0.118. The van der Waals surface area contributed by atoms with Gasteiger partial charge >= 0.3 is 0 Å². The zero-order valence-electron chi connectivity index (χ0n) is 24.5. The molecule has 11 heteroatoms. The lowest BCUT2D eigenvalue weighted by Gasteiger charge is -2.16. The Bertz CT molecular complexity index is 2190. The molecule has 230 valence electrons.